The van der Waals surface area contributed by atoms with E-state index in [0.29, 0.717) is 41.8 Å². The van der Waals surface area contributed by atoms with Gasteiger partial charge in [0.2, 0.25) is 0 Å². The smallest absolute Gasteiger partial charge is 0.412 e. The summed E-state index contributed by atoms with van der Waals surface area (Å²) in [5.41, 5.74) is -0.299. The van der Waals surface area contributed by atoms with Crippen LogP contribution in [-0.4, -0.2) is 63.4 Å². The van der Waals surface area contributed by atoms with Gasteiger partial charge in [0, 0.05) is 29.6 Å². The molecule has 7 rings (SSSR count). The Kier molecular flexibility index (Phi) is 8.27. The second-order valence-electron chi connectivity index (χ2n) is 14.8. The number of carbonyl (C=O) groups excluding carboxylic acids is 2. The fourth-order valence-electron chi connectivity index (χ4n) is 7.28. The molecule has 3 aliphatic rings. The molecular weight excluding hydrogens is 681 g/mol. The Bertz CT molecular complexity index is 2210. The van der Waals surface area contributed by atoms with E-state index in [4.69, 9.17) is 14.2 Å². The van der Waals surface area contributed by atoms with Crippen LogP contribution in [0.25, 0.3) is 32.1 Å². The Morgan fingerprint density at radius 3 is 2.45 bits per heavy atom. The summed E-state index contributed by atoms with van der Waals surface area (Å²) in [4.78, 5) is 38.4. The van der Waals surface area contributed by atoms with E-state index in [1.165, 1.54) is 18.5 Å². The van der Waals surface area contributed by atoms with Gasteiger partial charge in [0.1, 0.15) is 45.8 Å². The van der Waals surface area contributed by atoms with Gasteiger partial charge in [-0.3, -0.25) is 5.32 Å². The summed E-state index contributed by atoms with van der Waals surface area (Å²) >= 11 is 0.845. The van der Waals surface area contributed by atoms with Crippen LogP contribution in [0.3, 0.4) is 0 Å². The summed E-state index contributed by atoms with van der Waals surface area (Å²) in [6.45, 7) is 11.3. The number of nitrogens with zero attached hydrogens (tertiary/aromatic N) is 6. The maximum atomic E-state index is 17.2. The van der Waals surface area contributed by atoms with Crippen molar-refractivity contribution in [1.29, 1.82) is 10.5 Å². The van der Waals surface area contributed by atoms with Crippen LogP contribution in [0.2, 0.25) is 0 Å². The van der Waals surface area contributed by atoms with Crippen molar-refractivity contribution in [3.63, 3.8) is 0 Å². The molecule has 3 atom stereocenters. The number of fused-ring (bicyclic) bond motifs is 6. The molecule has 2 amide bonds. The molecule has 2 aromatic carbocycles. The van der Waals surface area contributed by atoms with Crippen molar-refractivity contribution in [3.8, 4) is 23.3 Å². The minimum Gasteiger partial charge on any atom is -0.444 e. The Balaban J connectivity index is 1.38. The van der Waals surface area contributed by atoms with Gasteiger partial charge in [-0.15, -0.1) is 11.3 Å². The van der Waals surface area contributed by atoms with Crippen molar-refractivity contribution in [2.24, 2.45) is 0 Å². The Labute approximate surface area is 296 Å². The van der Waals surface area contributed by atoms with E-state index < -0.39 is 35.0 Å². The van der Waals surface area contributed by atoms with Crippen LogP contribution < -0.4 is 10.2 Å². The summed E-state index contributed by atoms with van der Waals surface area (Å²) in [6.07, 6.45) is -0.0436. The molecule has 0 aliphatic carbocycles. The molecule has 0 spiro atoms. The molecule has 12 nitrogen and oxygen atoms in total. The van der Waals surface area contributed by atoms with Gasteiger partial charge in [0.25, 0.3) is 0 Å². The number of carbonyl (C=O) groups is 2. The zero-order valence-corrected chi connectivity index (χ0v) is 29.7. The average molecular weight is 716 g/mol. The molecule has 0 saturated carbocycles. The fourth-order valence-corrected chi connectivity index (χ4v) is 8.35. The molecule has 5 heterocycles. The van der Waals surface area contributed by atoms with Crippen molar-refractivity contribution in [2.45, 2.75) is 90.4 Å². The lowest BCUT2D eigenvalue weighted by atomic mass is 9.88. The molecule has 3 aliphatic heterocycles. The molecule has 264 valence electrons. The van der Waals surface area contributed by atoms with Gasteiger partial charge in [-0.2, -0.15) is 10.5 Å². The van der Waals surface area contributed by atoms with Crippen molar-refractivity contribution in [2.75, 3.05) is 23.3 Å². The first-order valence-electron chi connectivity index (χ1n) is 16.5. The van der Waals surface area contributed by atoms with Crippen molar-refractivity contribution in [1.82, 2.24) is 14.9 Å². The second kappa shape index (κ2) is 12.3. The van der Waals surface area contributed by atoms with Crippen LogP contribution in [0.4, 0.5) is 29.2 Å². The number of amides is 2. The standard InChI is InChI=1S/C36H35F2N7O5S/c1-35(2,3)49-33(46)43-32-20(12-40)25-19(7-8-22(37)30(25)51-32)24-21-15-48-23(9-10-39)26(21)27-29(28(24)38)41-16-42-31(27)44-13-18-11-17(44)14-45(18)34(47)50-36(4,5)6/h7-8,16-18,23H,9,11,13-15H2,1-6H3,(H,43,46). The summed E-state index contributed by atoms with van der Waals surface area (Å²) in [5.74, 6) is -0.913. The van der Waals surface area contributed by atoms with Crippen molar-refractivity contribution >= 4 is 55.3 Å². The highest BCUT2D eigenvalue weighted by Gasteiger charge is 2.48. The van der Waals surface area contributed by atoms with E-state index >= 15 is 8.78 Å². The third-order valence-electron chi connectivity index (χ3n) is 9.11. The van der Waals surface area contributed by atoms with E-state index in [0.717, 1.165) is 11.3 Å². The number of hydrogen-bond acceptors (Lipinski definition) is 11. The van der Waals surface area contributed by atoms with E-state index in [1.54, 1.807) is 25.7 Å². The molecule has 2 bridgehead atoms. The number of nitriles is 2. The number of piperazine rings is 1. The predicted molar refractivity (Wildman–Crippen MR) is 185 cm³/mol. The van der Waals surface area contributed by atoms with E-state index in [-0.39, 0.29) is 68.5 Å². The molecular formula is C36H35F2N7O5S. The SMILES string of the molecule is CC(C)(C)OC(=O)Nc1sc2c(F)ccc(-c3c4c(c5c(N6CC7CC6CN7C(=O)OC(C)(C)C)ncnc5c3F)C(CC#N)OC4)c2c1C#N. The second-order valence-corrected chi connectivity index (χ2v) is 15.9. The maximum Gasteiger partial charge on any atom is 0.412 e. The van der Waals surface area contributed by atoms with Gasteiger partial charge in [-0.1, -0.05) is 6.07 Å². The van der Waals surface area contributed by atoms with E-state index in [1.807, 2.05) is 25.7 Å². The quantitative estimate of drug-likeness (QED) is 0.222. The highest BCUT2D eigenvalue weighted by molar-refractivity contribution is 7.23. The molecule has 1 N–H and O–H groups in total. The first-order chi connectivity index (χ1) is 24.1. The fraction of sp³-hybridized carbons (Fsp3) is 0.444. The molecule has 51 heavy (non-hydrogen) atoms. The van der Waals surface area contributed by atoms with Crippen LogP contribution in [0.5, 0.6) is 0 Å². The minimum atomic E-state index is -0.828. The zero-order valence-electron chi connectivity index (χ0n) is 28.9. The topological polar surface area (TPSA) is 154 Å². The summed E-state index contributed by atoms with van der Waals surface area (Å²) in [5, 5.41) is 23.2. The normalized spacial score (nSPS) is 19.7. The molecule has 15 heteroatoms. The number of likely N-dealkylation sites (tertiary alicyclic amines) is 1. The van der Waals surface area contributed by atoms with Crippen LogP contribution in [0.1, 0.15) is 77.2 Å². The monoisotopic (exact) mass is 715 g/mol. The van der Waals surface area contributed by atoms with Crippen LogP contribution in [-0.2, 0) is 20.8 Å². The molecule has 3 unspecified atom stereocenters. The average Bonchev–Trinajstić information content (AvgIpc) is 3.83. The first-order valence-corrected chi connectivity index (χ1v) is 17.3. The van der Waals surface area contributed by atoms with Crippen molar-refractivity contribution < 1.29 is 32.6 Å². The molecule has 2 fully saturated rings. The summed E-state index contributed by atoms with van der Waals surface area (Å²) in [7, 11) is 0. The number of rotatable bonds is 4. The van der Waals surface area contributed by atoms with Gasteiger partial charge >= 0.3 is 12.2 Å². The van der Waals surface area contributed by atoms with Crippen LogP contribution in [0.15, 0.2) is 18.5 Å². The number of benzene rings is 2. The number of anilines is 2. The van der Waals surface area contributed by atoms with Crippen molar-refractivity contribution in [3.05, 3.63) is 46.8 Å². The number of nitrogens with one attached hydrogen (secondary N) is 1. The molecule has 4 aromatic rings. The molecule has 0 radical (unpaired) electrons. The van der Waals surface area contributed by atoms with Gasteiger partial charge in [0.05, 0.1) is 52.9 Å². The highest BCUT2D eigenvalue weighted by Crippen LogP contribution is 2.51. The Morgan fingerprint density at radius 2 is 1.80 bits per heavy atom. The number of ether oxygens (including phenoxy) is 3. The minimum absolute atomic E-state index is 0.0210. The van der Waals surface area contributed by atoms with Gasteiger partial charge in [-0.05, 0) is 65.2 Å². The summed E-state index contributed by atoms with van der Waals surface area (Å²) < 4.78 is 49.8. The first kappa shape index (κ1) is 34.3. The summed E-state index contributed by atoms with van der Waals surface area (Å²) in [6, 6.07) is 6.56. The number of halogens is 2. The van der Waals surface area contributed by atoms with E-state index in [9.17, 15) is 20.1 Å². The highest BCUT2D eigenvalue weighted by atomic mass is 32.1. The lowest BCUT2D eigenvalue weighted by Crippen LogP contribution is -2.50. The Hall–Kier alpha value is -5.12. The van der Waals surface area contributed by atoms with Gasteiger partial charge in [-0.25, -0.2) is 28.3 Å². The Morgan fingerprint density at radius 1 is 1.06 bits per heavy atom. The third kappa shape index (κ3) is 5.94. The zero-order chi connectivity index (χ0) is 36.6. The number of aromatic nitrogens is 2. The number of hydrogen-bond donors (Lipinski definition) is 1. The lowest BCUT2D eigenvalue weighted by Gasteiger charge is -2.36. The number of thiophene rings is 1. The molecule has 2 aromatic heterocycles. The van der Waals surface area contributed by atoms with E-state index in [2.05, 4.69) is 27.4 Å². The van der Waals surface area contributed by atoms with Gasteiger partial charge < -0.3 is 24.0 Å². The van der Waals surface area contributed by atoms with Crippen LogP contribution >= 0.6 is 11.3 Å². The largest absolute Gasteiger partial charge is 0.444 e. The predicted octanol–water partition coefficient (Wildman–Crippen LogP) is 7.69. The van der Waals surface area contributed by atoms with Crippen LogP contribution in [0, 0.1) is 34.3 Å². The van der Waals surface area contributed by atoms with Gasteiger partial charge in [0.15, 0.2) is 5.82 Å². The lowest BCUT2D eigenvalue weighted by molar-refractivity contribution is 0.0214. The maximum absolute atomic E-state index is 17.2. The third-order valence-corrected chi connectivity index (χ3v) is 10.2. The molecule has 2 saturated heterocycles.